The van der Waals surface area contributed by atoms with Gasteiger partial charge in [-0.25, -0.2) is 9.59 Å². The Morgan fingerprint density at radius 1 is 1.24 bits per heavy atom. The Balaban J connectivity index is 2.45. The van der Waals surface area contributed by atoms with Crippen LogP contribution in [-0.2, 0) is 14.3 Å². The maximum Gasteiger partial charge on any atom is 0.344 e. The highest BCUT2D eigenvalue weighted by atomic mass is 35.5. The summed E-state index contributed by atoms with van der Waals surface area (Å²) >= 11 is 5.84. The number of carbonyl (C=O) groups excluding carboxylic acids is 3. The van der Waals surface area contributed by atoms with Gasteiger partial charge in [0.1, 0.15) is 5.75 Å². The molecular weight excluding hydrogens is 348 g/mol. The zero-order valence-electron chi connectivity index (χ0n) is 14.9. The molecule has 1 unspecified atom stereocenters. The Bertz CT molecular complexity index is 655. The molecule has 1 aromatic rings. The van der Waals surface area contributed by atoms with Crippen LogP contribution in [0.5, 0.6) is 5.75 Å². The molecule has 25 heavy (non-hydrogen) atoms. The molecule has 2 N–H and O–H groups in total. The third-order valence-electron chi connectivity index (χ3n) is 2.89. The van der Waals surface area contributed by atoms with Crippen LogP contribution in [0.25, 0.3) is 0 Å². The summed E-state index contributed by atoms with van der Waals surface area (Å²) in [6, 6.07) is 4.32. The van der Waals surface area contributed by atoms with Crippen molar-refractivity contribution >= 4 is 29.5 Å². The number of halogens is 1. The second-order valence-corrected chi connectivity index (χ2v) is 6.96. The molecule has 0 aromatic heterocycles. The number of amides is 3. The van der Waals surface area contributed by atoms with Crippen molar-refractivity contribution in [3.63, 3.8) is 0 Å². The lowest BCUT2D eigenvalue weighted by Crippen LogP contribution is -2.50. The molecule has 8 heteroatoms. The molecule has 0 spiro atoms. The quantitative estimate of drug-likeness (QED) is 0.777. The highest BCUT2D eigenvalue weighted by Crippen LogP contribution is 2.21. The number of nitrogens with one attached hydrogen (secondary N) is 2. The van der Waals surface area contributed by atoms with Gasteiger partial charge in [0.15, 0.2) is 12.7 Å². The molecule has 138 valence electrons. The zero-order valence-corrected chi connectivity index (χ0v) is 15.7. The highest BCUT2D eigenvalue weighted by Gasteiger charge is 2.22. The average molecular weight is 371 g/mol. The van der Waals surface area contributed by atoms with Gasteiger partial charge in [0, 0.05) is 10.6 Å². The van der Waals surface area contributed by atoms with Crippen molar-refractivity contribution < 1.29 is 23.9 Å². The van der Waals surface area contributed by atoms with Crippen LogP contribution in [0.4, 0.5) is 4.79 Å². The lowest BCUT2D eigenvalue weighted by Gasteiger charge is -2.21. The van der Waals surface area contributed by atoms with E-state index in [0.717, 1.165) is 5.56 Å². The maximum atomic E-state index is 11.8. The normalized spacial score (nSPS) is 12.1. The van der Waals surface area contributed by atoms with E-state index in [9.17, 15) is 14.4 Å². The number of urea groups is 1. The van der Waals surface area contributed by atoms with Crippen molar-refractivity contribution in [1.82, 2.24) is 10.6 Å². The minimum atomic E-state index is -1.13. The number of hydrogen-bond donors (Lipinski definition) is 2. The molecule has 0 aliphatic rings. The van der Waals surface area contributed by atoms with Crippen LogP contribution in [0.3, 0.4) is 0 Å². The van der Waals surface area contributed by atoms with Crippen LogP contribution in [0.2, 0.25) is 5.02 Å². The topological polar surface area (TPSA) is 93.7 Å². The van der Waals surface area contributed by atoms with Gasteiger partial charge in [0.2, 0.25) is 0 Å². The van der Waals surface area contributed by atoms with Crippen molar-refractivity contribution in [1.29, 1.82) is 0 Å². The lowest BCUT2D eigenvalue weighted by atomic mass is 10.1. The third-order valence-corrected chi connectivity index (χ3v) is 3.12. The second kappa shape index (κ2) is 8.71. The van der Waals surface area contributed by atoms with Gasteiger partial charge in [-0.05, 0) is 58.4 Å². The second-order valence-electron chi connectivity index (χ2n) is 6.52. The van der Waals surface area contributed by atoms with Gasteiger partial charge >= 0.3 is 12.0 Å². The third kappa shape index (κ3) is 7.89. The molecule has 0 fully saturated rings. The molecule has 0 bridgehead atoms. The molecule has 1 rings (SSSR count). The average Bonchev–Trinajstić information content (AvgIpc) is 2.44. The van der Waals surface area contributed by atoms with E-state index in [0.29, 0.717) is 10.8 Å². The summed E-state index contributed by atoms with van der Waals surface area (Å²) in [5.74, 6) is -0.964. The first-order valence-electron chi connectivity index (χ1n) is 7.69. The van der Waals surface area contributed by atoms with Gasteiger partial charge in [-0.3, -0.25) is 10.1 Å². The van der Waals surface area contributed by atoms with E-state index in [-0.39, 0.29) is 6.61 Å². The first-order valence-corrected chi connectivity index (χ1v) is 8.07. The van der Waals surface area contributed by atoms with E-state index >= 15 is 0 Å². The number of ether oxygens (including phenoxy) is 2. The van der Waals surface area contributed by atoms with Crippen LogP contribution in [0, 0.1) is 6.92 Å². The van der Waals surface area contributed by atoms with Gasteiger partial charge in [0.05, 0.1) is 0 Å². The molecule has 0 saturated heterocycles. The SMILES string of the molecule is Cc1cc(Cl)ccc1OCC(=O)OC(C)C(=O)NC(=O)NC(C)(C)C. The van der Waals surface area contributed by atoms with E-state index in [1.54, 1.807) is 45.9 Å². The van der Waals surface area contributed by atoms with Gasteiger partial charge in [0.25, 0.3) is 5.91 Å². The number of imide groups is 1. The molecule has 0 saturated carbocycles. The van der Waals surface area contributed by atoms with Crippen molar-refractivity contribution in [2.24, 2.45) is 0 Å². The largest absolute Gasteiger partial charge is 0.482 e. The predicted molar refractivity (Wildman–Crippen MR) is 93.7 cm³/mol. The van der Waals surface area contributed by atoms with Crippen LogP contribution >= 0.6 is 11.6 Å². The molecule has 0 radical (unpaired) electrons. The molecule has 0 aliphatic heterocycles. The number of carbonyl (C=O) groups is 3. The van der Waals surface area contributed by atoms with Gasteiger partial charge in [-0.2, -0.15) is 0 Å². The summed E-state index contributed by atoms with van der Waals surface area (Å²) < 4.78 is 10.3. The van der Waals surface area contributed by atoms with Crippen LogP contribution in [-0.4, -0.2) is 36.2 Å². The fourth-order valence-electron chi connectivity index (χ4n) is 1.78. The summed E-state index contributed by atoms with van der Waals surface area (Å²) in [5.41, 5.74) is 0.277. The minimum absolute atomic E-state index is 0.367. The van der Waals surface area contributed by atoms with E-state index in [1.165, 1.54) is 6.92 Å². The van der Waals surface area contributed by atoms with Gasteiger partial charge < -0.3 is 14.8 Å². The Hall–Kier alpha value is -2.28. The van der Waals surface area contributed by atoms with Crippen molar-refractivity contribution in [2.75, 3.05) is 6.61 Å². The van der Waals surface area contributed by atoms with E-state index < -0.39 is 29.6 Å². The number of esters is 1. The molecule has 1 atom stereocenters. The Morgan fingerprint density at radius 2 is 1.88 bits per heavy atom. The molecule has 7 nitrogen and oxygen atoms in total. The van der Waals surface area contributed by atoms with Gasteiger partial charge in [-0.1, -0.05) is 11.6 Å². The summed E-state index contributed by atoms with van der Waals surface area (Å²) in [5, 5.41) is 5.24. The lowest BCUT2D eigenvalue weighted by molar-refractivity contribution is -0.156. The number of aryl methyl sites for hydroxylation is 1. The number of hydrogen-bond acceptors (Lipinski definition) is 5. The van der Waals surface area contributed by atoms with Crippen LogP contribution in [0.15, 0.2) is 18.2 Å². The summed E-state index contributed by atoms with van der Waals surface area (Å²) in [4.78, 5) is 35.2. The van der Waals surface area contributed by atoms with Gasteiger partial charge in [-0.15, -0.1) is 0 Å². The van der Waals surface area contributed by atoms with Crippen LogP contribution < -0.4 is 15.4 Å². The molecule has 3 amide bonds. The molecule has 0 aliphatic carbocycles. The Morgan fingerprint density at radius 3 is 2.44 bits per heavy atom. The van der Waals surface area contributed by atoms with Crippen molar-refractivity contribution in [2.45, 2.75) is 46.3 Å². The maximum absolute atomic E-state index is 11.8. The Kier molecular flexibility index (Phi) is 7.23. The zero-order chi connectivity index (χ0) is 19.2. The molecular formula is C17H23ClN2O5. The highest BCUT2D eigenvalue weighted by molar-refractivity contribution is 6.30. The standard InChI is InChI=1S/C17H23ClN2O5/c1-10-8-12(18)6-7-13(10)24-9-14(21)25-11(2)15(22)19-16(23)20-17(3,4)5/h6-8,11H,9H2,1-5H3,(H2,19,20,22,23). The smallest absolute Gasteiger partial charge is 0.344 e. The summed E-state index contributed by atoms with van der Waals surface area (Å²) in [6.45, 7) is 8.11. The predicted octanol–water partition coefficient (Wildman–Crippen LogP) is 2.58. The minimum Gasteiger partial charge on any atom is -0.482 e. The Labute approximate surface area is 152 Å². The van der Waals surface area contributed by atoms with Crippen molar-refractivity contribution in [3.8, 4) is 5.75 Å². The van der Waals surface area contributed by atoms with Crippen LogP contribution in [0.1, 0.15) is 33.3 Å². The first-order chi connectivity index (χ1) is 11.5. The summed E-state index contributed by atoms with van der Waals surface area (Å²) in [6.07, 6.45) is -1.13. The van der Waals surface area contributed by atoms with Crippen molar-refractivity contribution in [3.05, 3.63) is 28.8 Å². The number of rotatable bonds is 5. The van der Waals surface area contributed by atoms with E-state index in [4.69, 9.17) is 21.1 Å². The fraction of sp³-hybridized carbons (Fsp3) is 0.471. The number of benzene rings is 1. The summed E-state index contributed by atoms with van der Waals surface area (Å²) in [7, 11) is 0. The first kappa shape index (κ1) is 20.8. The van der Waals surface area contributed by atoms with E-state index in [1.807, 2.05) is 0 Å². The van der Waals surface area contributed by atoms with E-state index in [2.05, 4.69) is 10.6 Å². The monoisotopic (exact) mass is 370 g/mol. The fourth-order valence-corrected chi connectivity index (χ4v) is 2.01. The molecule has 0 heterocycles. The molecule has 1 aromatic carbocycles.